The topological polar surface area (TPSA) is 58.2 Å². The lowest BCUT2D eigenvalue weighted by Gasteiger charge is -2.18. The fourth-order valence-electron chi connectivity index (χ4n) is 2.15. The first-order valence-corrected chi connectivity index (χ1v) is 6.09. The summed E-state index contributed by atoms with van der Waals surface area (Å²) in [7, 11) is 3.82. The number of carbonyl (C=O) groups excluding carboxylic acids is 1. The molecule has 1 fully saturated rings. The zero-order valence-corrected chi connectivity index (χ0v) is 10.8. The molecule has 1 aliphatic rings. The van der Waals surface area contributed by atoms with Gasteiger partial charge in [0, 0.05) is 32.9 Å². The smallest absolute Gasteiger partial charge is 0.256 e. The Morgan fingerprint density at radius 1 is 1.33 bits per heavy atom. The molecule has 1 radical (unpaired) electrons. The third kappa shape index (κ3) is 2.34. The van der Waals surface area contributed by atoms with Crippen LogP contribution in [-0.2, 0) is 0 Å². The Morgan fingerprint density at radius 3 is 2.56 bits per heavy atom. The van der Waals surface area contributed by atoms with Crippen molar-refractivity contribution in [2.45, 2.75) is 12.8 Å². The van der Waals surface area contributed by atoms with E-state index in [1.807, 2.05) is 30.0 Å². The van der Waals surface area contributed by atoms with Crippen LogP contribution < -0.4 is 10.4 Å². The first kappa shape index (κ1) is 12.5. The Bertz CT molecular complexity index is 464. The Hall–Kier alpha value is -1.91. The van der Waals surface area contributed by atoms with Crippen molar-refractivity contribution in [1.82, 2.24) is 10.4 Å². The van der Waals surface area contributed by atoms with E-state index >= 15 is 0 Å². The van der Waals surface area contributed by atoms with E-state index in [0.29, 0.717) is 11.3 Å². The van der Waals surface area contributed by atoms with Crippen molar-refractivity contribution in [3.63, 3.8) is 0 Å². The molecule has 0 unspecified atom stereocenters. The van der Waals surface area contributed by atoms with E-state index < -0.39 is 0 Å². The summed E-state index contributed by atoms with van der Waals surface area (Å²) in [6.45, 7) is 1.58. The summed E-state index contributed by atoms with van der Waals surface area (Å²) in [5.41, 5.74) is 10.7. The van der Waals surface area contributed by atoms with Crippen LogP contribution in [0, 0.1) is 0 Å². The van der Waals surface area contributed by atoms with Crippen molar-refractivity contribution < 1.29 is 4.79 Å². The minimum absolute atomic E-state index is 0.0519. The van der Waals surface area contributed by atoms with Crippen molar-refractivity contribution in [3.05, 3.63) is 23.8 Å². The highest BCUT2D eigenvalue weighted by molar-refractivity contribution is 6.00. The Kier molecular flexibility index (Phi) is 3.60. The number of nitrogens with zero attached hydrogens (tertiary/aromatic N) is 4. The number of rotatable bonds is 3. The molecule has 0 atom stereocenters. The number of benzene rings is 1. The van der Waals surface area contributed by atoms with E-state index in [0.717, 1.165) is 31.6 Å². The average Bonchev–Trinajstić information content (AvgIpc) is 2.90. The van der Waals surface area contributed by atoms with Crippen molar-refractivity contribution in [2.75, 3.05) is 32.1 Å². The second-order valence-corrected chi connectivity index (χ2v) is 4.70. The first-order chi connectivity index (χ1) is 8.63. The van der Waals surface area contributed by atoms with Crippen LogP contribution in [0.2, 0.25) is 0 Å². The molecule has 0 spiro atoms. The van der Waals surface area contributed by atoms with E-state index in [1.54, 1.807) is 12.1 Å². The van der Waals surface area contributed by atoms with Gasteiger partial charge in [0.05, 0.1) is 5.56 Å². The zero-order chi connectivity index (χ0) is 13.1. The normalized spacial score (nSPS) is 14.7. The Morgan fingerprint density at radius 2 is 2.00 bits per heavy atom. The number of anilines is 1. The lowest BCUT2D eigenvalue weighted by atomic mass is 10.1. The minimum Gasteiger partial charge on any atom is -0.378 e. The summed E-state index contributed by atoms with van der Waals surface area (Å²) in [5, 5.41) is 3.20. The van der Waals surface area contributed by atoms with Gasteiger partial charge in [-0.05, 0) is 36.6 Å². The van der Waals surface area contributed by atoms with Crippen LogP contribution in [0.25, 0.3) is 0 Å². The maximum absolute atomic E-state index is 12.3. The molecule has 95 valence electrons. The fraction of sp³-hybridized carbons (Fsp3) is 0.462. The Labute approximate surface area is 107 Å². The van der Waals surface area contributed by atoms with Gasteiger partial charge < -0.3 is 9.80 Å². The summed E-state index contributed by atoms with van der Waals surface area (Å²) in [5.74, 6) is -0.0519. The molecule has 1 saturated heterocycles. The average molecular weight is 245 g/mol. The van der Waals surface area contributed by atoms with Gasteiger partial charge >= 0.3 is 0 Å². The molecule has 1 aromatic carbocycles. The van der Waals surface area contributed by atoms with Crippen LogP contribution in [0.15, 0.2) is 23.3 Å². The summed E-state index contributed by atoms with van der Waals surface area (Å²) in [4.78, 5) is 16.1. The number of likely N-dealkylation sites (tertiary alicyclic amines) is 1. The minimum atomic E-state index is -0.0519. The fourth-order valence-corrected chi connectivity index (χ4v) is 2.15. The van der Waals surface area contributed by atoms with Gasteiger partial charge in [-0.1, -0.05) is 0 Å². The molecule has 1 amide bonds. The van der Waals surface area contributed by atoms with Gasteiger partial charge in [0.2, 0.25) is 0 Å². The molecular formula is C13H17N4O. The summed E-state index contributed by atoms with van der Waals surface area (Å²) < 4.78 is 0. The van der Waals surface area contributed by atoms with Gasteiger partial charge in [0.25, 0.3) is 5.91 Å². The second-order valence-electron chi connectivity index (χ2n) is 4.70. The monoisotopic (exact) mass is 245 g/mol. The highest BCUT2D eigenvalue weighted by Gasteiger charge is 2.22. The van der Waals surface area contributed by atoms with Gasteiger partial charge in [0.15, 0.2) is 0 Å². The quantitative estimate of drug-likeness (QED) is 0.763. The third-order valence-corrected chi connectivity index (χ3v) is 3.23. The van der Waals surface area contributed by atoms with E-state index in [1.165, 1.54) is 0 Å². The number of carbonyl (C=O) groups is 1. The van der Waals surface area contributed by atoms with Crippen molar-refractivity contribution in [2.24, 2.45) is 5.11 Å². The van der Waals surface area contributed by atoms with Gasteiger partial charge in [-0.3, -0.25) is 4.79 Å². The summed E-state index contributed by atoms with van der Waals surface area (Å²) >= 11 is 0. The molecule has 18 heavy (non-hydrogen) atoms. The highest BCUT2D eigenvalue weighted by atomic mass is 16.2. The lowest BCUT2D eigenvalue weighted by molar-refractivity contribution is 0.0793. The molecule has 0 bridgehead atoms. The zero-order valence-electron chi connectivity index (χ0n) is 10.8. The first-order valence-electron chi connectivity index (χ1n) is 6.09. The van der Waals surface area contributed by atoms with E-state index in [2.05, 4.69) is 5.11 Å². The van der Waals surface area contributed by atoms with Gasteiger partial charge in [-0.25, -0.2) is 0 Å². The molecule has 1 heterocycles. The van der Waals surface area contributed by atoms with Crippen LogP contribution in [0.4, 0.5) is 11.4 Å². The summed E-state index contributed by atoms with van der Waals surface area (Å²) in [6.07, 6.45) is 2.09. The van der Waals surface area contributed by atoms with E-state index in [4.69, 9.17) is 5.53 Å². The van der Waals surface area contributed by atoms with Crippen molar-refractivity contribution in [3.8, 4) is 0 Å². The van der Waals surface area contributed by atoms with Crippen LogP contribution in [0.3, 0.4) is 0 Å². The van der Waals surface area contributed by atoms with Crippen LogP contribution in [0.5, 0.6) is 0 Å². The molecule has 5 nitrogen and oxygen atoms in total. The molecule has 0 aromatic heterocycles. The molecular weight excluding hydrogens is 228 g/mol. The molecule has 0 aliphatic carbocycles. The van der Waals surface area contributed by atoms with Crippen molar-refractivity contribution >= 4 is 17.3 Å². The Balaban J connectivity index is 2.36. The SMILES string of the molecule is CN(C)c1ccc(N=[N])c(C(=O)N2CCCC2)c1. The van der Waals surface area contributed by atoms with E-state index in [9.17, 15) is 4.79 Å². The maximum Gasteiger partial charge on any atom is 0.256 e. The van der Waals surface area contributed by atoms with Gasteiger partial charge in [0.1, 0.15) is 5.69 Å². The van der Waals surface area contributed by atoms with Gasteiger partial charge in [-0.15, -0.1) is 5.11 Å². The summed E-state index contributed by atoms with van der Waals surface area (Å²) in [6, 6.07) is 5.27. The maximum atomic E-state index is 12.3. The van der Waals surface area contributed by atoms with E-state index in [-0.39, 0.29) is 5.91 Å². The van der Waals surface area contributed by atoms with Gasteiger partial charge in [-0.2, -0.15) is 0 Å². The molecule has 5 heteroatoms. The van der Waals surface area contributed by atoms with Crippen LogP contribution in [0.1, 0.15) is 23.2 Å². The van der Waals surface area contributed by atoms with Crippen molar-refractivity contribution in [1.29, 1.82) is 0 Å². The largest absolute Gasteiger partial charge is 0.378 e. The predicted octanol–water partition coefficient (Wildman–Crippen LogP) is 1.87. The highest BCUT2D eigenvalue weighted by Crippen LogP contribution is 2.26. The molecule has 0 saturated carbocycles. The number of hydrogen-bond acceptors (Lipinski definition) is 3. The number of amides is 1. The molecule has 0 N–H and O–H groups in total. The molecule has 1 aliphatic heterocycles. The molecule has 1 aromatic rings. The van der Waals surface area contributed by atoms with Crippen LogP contribution >= 0.6 is 0 Å². The third-order valence-electron chi connectivity index (χ3n) is 3.23. The predicted molar refractivity (Wildman–Crippen MR) is 70.1 cm³/mol. The standard InChI is InChI=1S/C13H17N4O/c1-16(2)10-5-6-12(15-14)11(9-10)13(18)17-7-3-4-8-17/h5-6,9H,3-4,7-8H2,1-2H3. The van der Waals surface area contributed by atoms with Crippen LogP contribution in [-0.4, -0.2) is 38.0 Å². The molecule has 2 rings (SSSR count). The second kappa shape index (κ2) is 5.16. The lowest BCUT2D eigenvalue weighted by Crippen LogP contribution is -2.27. The number of hydrogen-bond donors (Lipinski definition) is 0.